The number of nitrogens with one attached hydrogen (secondary N) is 2. The van der Waals surface area contributed by atoms with Crippen LogP contribution in [0.15, 0.2) is 65.7 Å². The van der Waals surface area contributed by atoms with E-state index in [1.54, 1.807) is 44.6 Å². The Bertz CT molecular complexity index is 1890. The normalized spacial score (nSPS) is 10.2. The average Bonchev–Trinajstić information content (AvgIpc) is 3.11. The van der Waals surface area contributed by atoms with Gasteiger partial charge in [-0.3, -0.25) is 0 Å². The smallest absolute Gasteiger partial charge is 0.319 e. The molecule has 4 rings (SSSR count). The Morgan fingerprint density at radius 2 is 1.09 bits per heavy atom. The highest BCUT2D eigenvalue weighted by molar-refractivity contribution is 6.40. The highest BCUT2D eigenvalue weighted by Crippen LogP contribution is 2.41. The van der Waals surface area contributed by atoms with Crippen LogP contribution in [-0.2, 0) is 4.79 Å². The predicted molar refractivity (Wildman–Crippen MR) is 239 cm³/mol. The molecule has 4 N–H and O–H groups in total. The van der Waals surface area contributed by atoms with Gasteiger partial charge in [-0.15, -0.1) is 23.2 Å². The van der Waals surface area contributed by atoms with Gasteiger partial charge in [-0.05, 0) is 100 Å². The molecule has 16 heteroatoms. The monoisotopic (exact) mass is 904 g/mol. The molecule has 0 aliphatic carbocycles. The number of nitrogens with zero attached hydrogens (tertiary/aromatic N) is 1. The van der Waals surface area contributed by atoms with Gasteiger partial charge in [0.15, 0.2) is 11.5 Å². The van der Waals surface area contributed by atoms with E-state index in [4.69, 9.17) is 94.3 Å². The predicted octanol–water partition coefficient (Wildman–Crippen LogP) is 14.1. The number of nitrogens with two attached hydrogens (primary N) is 1. The van der Waals surface area contributed by atoms with Crippen molar-refractivity contribution >= 4 is 93.1 Å². The van der Waals surface area contributed by atoms with Crippen LogP contribution in [0.4, 0.5) is 16.2 Å². The third kappa shape index (κ3) is 18.2. The molecule has 0 atom stereocenters. The number of benzene rings is 4. The van der Waals surface area contributed by atoms with E-state index in [1.807, 2.05) is 58.0 Å². The number of aliphatic imine (C=N–C) groups is 1. The van der Waals surface area contributed by atoms with Crippen LogP contribution in [-0.4, -0.2) is 43.8 Å². The van der Waals surface area contributed by atoms with Gasteiger partial charge in [0.05, 0.1) is 45.7 Å². The number of hydrogen-bond donors (Lipinski definition) is 3. The summed E-state index contributed by atoms with van der Waals surface area (Å²) in [6.07, 6.45) is 1.44. The number of rotatable bonds is 11. The minimum absolute atomic E-state index is 0.0174. The van der Waals surface area contributed by atoms with Crippen molar-refractivity contribution in [2.45, 2.75) is 79.3 Å². The molecule has 0 radical (unpaired) electrons. The Morgan fingerprint density at radius 1 is 0.702 bits per heavy atom. The van der Waals surface area contributed by atoms with E-state index in [2.05, 4.69) is 43.3 Å². The van der Waals surface area contributed by atoms with Gasteiger partial charge in [0.25, 0.3) is 0 Å². The van der Waals surface area contributed by atoms with Crippen molar-refractivity contribution in [1.82, 2.24) is 5.32 Å². The topological polar surface area (TPSA) is 134 Å². The van der Waals surface area contributed by atoms with Crippen molar-refractivity contribution in [3.05, 3.63) is 91.9 Å². The zero-order valence-corrected chi connectivity index (χ0v) is 38.1. The number of alkyl halides is 2. The first-order valence-corrected chi connectivity index (χ1v) is 20.1. The second kappa shape index (κ2) is 26.3. The van der Waals surface area contributed by atoms with Crippen LogP contribution < -0.4 is 35.3 Å². The quantitative estimate of drug-likeness (QED) is 0.0590. The molecule has 0 unspecified atom stereocenters. The second-order valence-electron chi connectivity index (χ2n) is 13.1. The van der Waals surface area contributed by atoms with Crippen LogP contribution in [0.2, 0.25) is 20.1 Å². The lowest BCUT2D eigenvalue weighted by molar-refractivity contribution is 0.250. The molecule has 0 aliphatic rings. The summed E-state index contributed by atoms with van der Waals surface area (Å²) >= 11 is 34.4. The first-order chi connectivity index (χ1) is 26.8. The first-order valence-electron chi connectivity index (χ1n) is 17.5. The second-order valence-corrected chi connectivity index (χ2v) is 15.5. The van der Waals surface area contributed by atoms with E-state index in [-0.39, 0.29) is 29.4 Å². The Hall–Kier alpha value is -3.73. The van der Waals surface area contributed by atoms with Gasteiger partial charge < -0.3 is 35.3 Å². The van der Waals surface area contributed by atoms with E-state index in [0.29, 0.717) is 60.4 Å². The van der Waals surface area contributed by atoms with Crippen molar-refractivity contribution in [1.29, 1.82) is 0 Å². The van der Waals surface area contributed by atoms with Crippen LogP contribution in [0, 0.1) is 0 Å². The molecule has 0 saturated carbocycles. The van der Waals surface area contributed by atoms with Gasteiger partial charge in [-0.25, -0.2) is 14.6 Å². The lowest BCUT2D eigenvalue weighted by Gasteiger charge is -2.16. The molecule has 0 aromatic heterocycles. The minimum atomic E-state index is -0.331. The van der Waals surface area contributed by atoms with Gasteiger partial charge >= 0.3 is 6.03 Å². The van der Waals surface area contributed by atoms with Crippen LogP contribution >= 0.6 is 69.6 Å². The summed E-state index contributed by atoms with van der Waals surface area (Å²) in [6.45, 7) is 15.7. The fraction of sp³-hybridized carbons (Fsp3) is 0.366. The standard InChI is InChI=1S/C20H24Cl2N2O3.C16H17Cl2NO2.C4H7NO.CH2Cl2/c1-11(2)15-10-14(6-7-18(15)26-5)27-19-16(21)8-13(9-17(19)22)24-20(25)23-12(3)4;1-9(2)12-8-11(4-5-15(12)20-3)21-16-13(17)6-10(19)7-14(16)18;1-4(2)5-3-6;2-1-3/h6-12H,1-5H3,(H2,23,24,25);4-9H,19H2,1-3H3;4H,1-2H3;1H2. The summed E-state index contributed by atoms with van der Waals surface area (Å²) in [5.74, 6) is 4.16. The molecular weight excluding hydrogens is 857 g/mol. The van der Waals surface area contributed by atoms with Gasteiger partial charge in [0, 0.05) is 28.5 Å². The third-order valence-corrected chi connectivity index (χ3v) is 8.22. The van der Waals surface area contributed by atoms with Crippen molar-refractivity contribution in [3.8, 4) is 34.5 Å². The molecule has 0 spiro atoms. The number of nitrogen functional groups attached to an aromatic ring is 1. The van der Waals surface area contributed by atoms with E-state index < -0.39 is 0 Å². The number of hydrogen-bond acceptors (Lipinski definition) is 8. The number of halogens is 6. The maximum Gasteiger partial charge on any atom is 0.319 e. The Balaban J connectivity index is 0.000000479. The van der Waals surface area contributed by atoms with E-state index >= 15 is 0 Å². The van der Waals surface area contributed by atoms with E-state index in [0.717, 1.165) is 22.6 Å². The van der Waals surface area contributed by atoms with Crippen LogP contribution in [0.3, 0.4) is 0 Å². The van der Waals surface area contributed by atoms with Crippen molar-refractivity contribution in [2.24, 2.45) is 4.99 Å². The van der Waals surface area contributed by atoms with Crippen molar-refractivity contribution in [3.63, 3.8) is 0 Å². The first kappa shape index (κ1) is 51.3. The summed E-state index contributed by atoms with van der Waals surface area (Å²) in [5, 5.41) is 6.97. The largest absolute Gasteiger partial charge is 0.496 e. The van der Waals surface area contributed by atoms with Gasteiger partial charge in [-0.2, -0.15) is 0 Å². The van der Waals surface area contributed by atoms with E-state index in [9.17, 15) is 9.59 Å². The Kier molecular flexibility index (Phi) is 23.7. The van der Waals surface area contributed by atoms with Gasteiger partial charge in [0.1, 0.15) is 23.0 Å². The zero-order chi connectivity index (χ0) is 43.4. The molecule has 0 fully saturated rings. The highest BCUT2D eigenvalue weighted by Gasteiger charge is 2.16. The molecule has 57 heavy (non-hydrogen) atoms. The van der Waals surface area contributed by atoms with Gasteiger partial charge in [0.2, 0.25) is 6.08 Å². The summed E-state index contributed by atoms with van der Waals surface area (Å²) in [5.41, 5.74) is 8.73. The maximum absolute atomic E-state index is 11.8. The molecule has 4 aromatic carbocycles. The molecule has 312 valence electrons. The van der Waals surface area contributed by atoms with Crippen LogP contribution in [0.5, 0.6) is 34.5 Å². The molecule has 10 nitrogen and oxygen atoms in total. The Morgan fingerprint density at radius 3 is 1.39 bits per heavy atom. The zero-order valence-electron chi connectivity index (χ0n) is 33.5. The molecule has 0 bridgehead atoms. The molecular formula is C41H50Cl6N4O6. The molecule has 4 aromatic rings. The van der Waals surface area contributed by atoms with Crippen molar-refractivity contribution in [2.75, 3.05) is 30.6 Å². The van der Waals surface area contributed by atoms with E-state index in [1.165, 1.54) is 6.08 Å². The van der Waals surface area contributed by atoms with Crippen LogP contribution in [0.25, 0.3) is 0 Å². The summed E-state index contributed by atoms with van der Waals surface area (Å²) in [7, 11) is 3.28. The minimum Gasteiger partial charge on any atom is -0.496 e. The number of urea groups is 1. The highest BCUT2D eigenvalue weighted by atomic mass is 35.5. The summed E-state index contributed by atoms with van der Waals surface area (Å²) < 4.78 is 22.5. The molecule has 0 aliphatic heterocycles. The molecule has 0 heterocycles. The van der Waals surface area contributed by atoms with Crippen LogP contribution in [0.1, 0.15) is 78.4 Å². The lowest BCUT2D eigenvalue weighted by Crippen LogP contribution is -2.34. The average molecular weight is 908 g/mol. The number of amides is 2. The summed E-state index contributed by atoms with van der Waals surface area (Å²) in [6, 6.07) is 17.3. The SMILES string of the molecule is CC(C)N=C=O.COc1ccc(Oc2c(Cl)cc(N)cc2Cl)cc1C(C)C.COc1ccc(Oc2c(Cl)cc(NC(=O)NC(C)C)cc2Cl)cc1C(C)C.ClCCl. The number of methoxy groups -OCH3 is 2. The molecule has 0 saturated heterocycles. The van der Waals surface area contributed by atoms with Gasteiger partial charge in [-0.1, -0.05) is 74.1 Å². The maximum atomic E-state index is 11.8. The fourth-order valence-electron chi connectivity index (χ4n) is 4.63. The number of ether oxygens (including phenoxy) is 4. The van der Waals surface area contributed by atoms with Crippen molar-refractivity contribution < 1.29 is 28.5 Å². The molecule has 2 amide bonds. The Labute approximate surface area is 366 Å². The number of isocyanates is 1. The number of anilines is 2. The summed E-state index contributed by atoms with van der Waals surface area (Å²) in [4.78, 5) is 24.5. The number of carbonyl (C=O) groups is 1. The fourth-order valence-corrected chi connectivity index (χ4v) is 5.78. The third-order valence-electron chi connectivity index (χ3n) is 7.09. The lowest BCUT2D eigenvalue weighted by atomic mass is 10.0. The number of carbonyl (C=O) groups excluding carboxylic acids is 2.